The minimum atomic E-state index is -0.639. The lowest BCUT2D eigenvalue weighted by Crippen LogP contribution is -2.43. The number of nitrogens with zero attached hydrogens (tertiary/aromatic N) is 1. The molecule has 0 aromatic heterocycles. The van der Waals surface area contributed by atoms with E-state index in [-0.39, 0.29) is 0 Å². The Morgan fingerprint density at radius 3 is 2.53 bits per heavy atom. The summed E-state index contributed by atoms with van der Waals surface area (Å²) < 4.78 is 0. The normalized spacial score (nSPS) is 31.9. The van der Waals surface area contributed by atoms with Crippen LogP contribution in [0.3, 0.4) is 0 Å². The molecule has 94 valence electrons. The Kier molecular flexibility index (Phi) is 4.06. The molecule has 0 aromatic carbocycles. The van der Waals surface area contributed by atoms with E-state index < -0.39 is 5.97 Å². The van der Waals surface area contributed by atoms with Gasteiger partial charge in [-0.25, -0.2) is 0 Å². The zero-order valence-electron chi connectivity index (χ0n) is 10.5. The van der Waals surface area contributed by atoms with Crippen LogP contribution in [0.2, 0.25) is 0 Å². The summed E-state index contributed by atoms with van der Waals surface area (Å²) >= 11 is 0. The van der Waals surface area contributed by atoms with Crippen molar-refractivity contribution in [3.8, 4) is 11.8 Å². The number of carboxylic acids is 1. The molecule has 2 fully saturated rings. The van der Waals surface area contributed by atoms with Crippen molar-refractivity contribution in [2.45, 2.75) is 57.5 Å². The summed E-state index contributed by atoms with van der Waals surface area (Å²) in [6, 6.07) is 1.24. The highest BCUT2D eigenvalue weighted by Crippen LogP contribution is 2.39. The van der Waals surface area contributed by atoms with Crippen molar-refractivity contribution in [2.24, 2.45) is 5.92 Å². The van der Waals surface area contributed by atoms with Gasteiger partial charge in [-0.05, 0) is 38.5 Å². The fourth-order valence-electron chi connectivity index (χ4n) is 3.48. The van der Waals surface area contributed by atoms with Gasteiger partial charge < -0.3 is 5.11 Å². The largest absolute Gasteiger partial charge is 0.481 e. The van der Waals surface area contributed by atoms with E-state index in [0.29, 0.717) is 24.4 Å². The van der Waals surface area contributed by atoms with E-state index in [9.17, 15) is 4.79 Å². The molecule has 0 spiro atoms. The highest BCUT2D eigenvalue weighted by molar-refractivity contribution is 5.67. The van der Waals surface area contributed by atoms with Gasteiger partial charge in [0.25, 0.3) is 0 Å². The van der Waals surface area contributed by atoms with Gasteiger partial charge in [0.15, 0.2) is 0 Å². The first-order valence-electron chi connectivity index (χ1n) is 6.58. The SMILES string of the molecule is CC#CCCN1C2CCC1CC(CC(=O)O)C2. The molecule has 2 unspecified atom stereocenters. The lowest BCUT2D eigenvalue weighted by molar-refractivity contribution is -0.138. The Bertz CT molecular complexity index is 328. The molecule has 17 heavy (non-hydrogen) atoms. The van der Waals surface area contributed by atoms with E-state index in [0.717, 1.165) is 25.8 Å². The molecule has 0 amide bonds. The van der Waals surface area contributed by atoms with Crippen LogP contribution >= 0.6 is 0 Å². The van der Waals surface area contributed by atoms with E-state index in [1.807, 2.05) is 6.92 Å². The fraction of sp³-hybridized carbons (Fsp3) is 0.786. The highest BCUT2D eigenvalue weighted by Gasteiger charge is 2.40. The van der Waals surface area contributed by atoms with Crippen molar-refractivity contribution in [1.82, 2.24) is 4.90 Å². The first kappa shape index (κ1) is 12.4. The minimum Gasteiger partial charge on any atom is -0.481 e. The molecular formula is C14H21NO2. The van der Waals surface area contributed by atoms with E-state index in [1.54, 1.807) is 0 Å². The Morgan fingerprint density at radius 2 is 2.00 bits per heavy atom. The van der Waals surface area contributed by atoms with Gasteiger partial charge in [-0.3, -0.25) is 9.69 Å². The maximum absolute atomic E-state index is 10.8. The van der Waals surface area contributed by atoms with Crippen LogP contribution in [0.15, 0.2) is 0 Å². The molecule has 2 rings (SSSR count). The van der Waals surface area contributed by atoms with Gasteiger partial charge in [-0.1, -0.05) is 0 Å². The van der Waals surface area contributed by atoms with Gasteiger partial charge in [0.05, 0.1) is 0 Å². The third-order valence-electron chi connectivity index (χ3n) is 4.12. The zero-order valence-corrected chi connectivity index (χ0v) is 10.5. The van der Waals surface area contributed by atoms with Crippen molar-refractivity contribution < 1.29 is 9.90 Å². The Morgan fingerprint density at radius 1 is 1.35 bits per heavy atom. The van der Waals surface area contributed by atoms with Crippen LogP contribution in [0.1, 0.15) is 45.4 Å². The molecule has 2 aliphatic rings. The maximum atomic E-state index is 10.8. The van der Waals surface area contributed by atoms with Gasteiger partial charge >= 0.3 is 5.97 Å². The Balaban J connectivity index is 1.88. The molecule has 2 atom stereocenters. The first-order valence-corrected chi connectivity index (χ1v) is 6.58. The van der Waals surface area contributed by atoms with E-state index >= 15 is 0 Å². The second kappa shape index (κ2) is 5.55. The number of hydrogen-bond donors (Lipinski definition) is 1. The standard InChI is InChI=1S/C14H21NO2/c1-2-3-4-7-15-12-5-6-13(15)9-11(8-12)10-14(16)17/h11-13H,4-10H2,1H3,(H,16,17). The number of carboxylic acid groups (broad SMARTS) is 1. The molecule has 3 nitrogen and oxygen atoms in total. The first-order chi connectivity index (χ1) is 8.20. The predicted octanol–water partition coefficient (Wildman–Crippen LogP) is 2.12. The van der Waals surface area contributed by atoms with Crippen LogP contribution in [-0.2, 0) is 4.79 Å². The lowest BCUT2D eigenvalue weighted by Gasteiger charge is -2.38. The molecule has 0 radical (unpaired) electrons. The molecule has 1 N–H and O–H groups in total. The van der Waals surface area contributed by atoms with Crippen LogP contribution in [-0.4, -0.2) is 34.6 Å². The average Bonchev–Trinajstić information content (AvgIpc) is 2.51. The topological polar surface area (TPSA) is 40.5 Å². The van der Waals surface area contributed by atoms with Crippen LogP contribution < -0.4 is 0 Å². The summed E-state index contributed by atoms with van der Waals surface area (Å²) in [4.78, 5) is 13.3. The van der Waals surface area contributed by atoms with E-state index in [2.05, 4.69) is 16.7 Å². The molecule has 0 aliphatic carbocycles. The number of fused-ring (bicyclic) bond motifs is 2. The van der Waals surface area contributed by atoms with Crippen molar-refractivity contribution in [3.05, 3.63) is 0 Å². The molecule has 2 aliphatic heterocycles. The van der Waals surface area contributed by atoms with Crippen molar-refractivity contribution >= 4 is 5.97 Å². The Labute approximate surface area is 103 Å². The van der Waals surface area contributed by atoms with Crippen molar-refractivity contribution in [3.63, 3.8) is 0 Å². The second-order valence-electron chi connectivity index (χ2n) is 5.23. The maximum Gasteiger partial charge on any atom is 0.303 e. The molecule has 0 saturated carbocycles. The summed E-state index contributed by atoms with van der Waals surface area (Å²) in [5.41, 5.74) is 0. The summed E-state index contributed by atoms with van der Waals surface area (Å²) in [7, 11) is 0. The fourth-order valence-corrected chi connectivity index (χ4v) is 3.48. The molecule has 0 aromatic rings. The second-order valence-corrected chi connectivity index (χ2v) is 5.23. The summed E-state index contributed by atoms with van der Waals surface area (Å²) in [6.07, 6.45) is 5.95. The number of rotatable bonds is 4. The van der Waals surface area contributed by atoms with Gasteiger partial charge in [-0.2, -0.15) is 0 Å². The monoisotopic (exact) mass is 235 g/mol. The lowest BCUT2D eigenvalue weighted by atomic mass is 9.88. The highest BCUT2D eigenvalue weighted by atomic mass is 16.4. The summed E-state index contributed by atoms with van der Waals surface area (Å²) in [6.45, 7) is 2.95. The molecule has 3 heteroatoms. The predicted molar refractivity (Wildman–Crippen MR) is 66.6 cm³/mol. The molecule has 2 bridgehead atoms. The number of piperidine rings is 1. The molecule has 2 heterocycles. The van der Waals surface area contributed by atoms with Gasteiger partial charge in [0, 0.05) is 31.5 Å². The number of carbonyl (C=O) groups is 1. The van der Waals surface area contributed by atoms with Crippen molar-refractivity contribution in [2.75, 3.05) is 6.54 Å². The van der Waals surface area contributed by atoms with Crippen LogP contribution in [0.5, 0.6) is 0 Å². The minimum absolute atomic E-state index is 0.357. The number of hydrogen-bond acceptors (Lipinski definition) is 2. The van der Waals surface area contributed by atoms with E-state index in [4.69, 9.17) is 5.11 Å². The zero-order chi connectivity index (χ0) is 12.3. The summed E-state index contributed by atoms with van der Waals surface area (Å²) in [5, 5.41) is 8.87. The molecular weight excluding hydrogens is 214 g/mol. The van der Waals surface area contributed by atoms with Gasteiger partial charge in [0.2, 0.25) is 0 Å². The van der Waals surface area contributed by atoms with Crippen LogP contribution in [0.25, 0.3) is 0 Å². The third-order valence-corrected chi connectivity index (χ3v) is 4.12. The number of aliphatic carboxylic acids is 1. The van der Waals surface area contributed by atoms with Crippen LogP contribution in [0.4, 0.5) is 0 Å². The average molecular weight is 235 g/mol. The Hall–Kier alpha value is -1.01. The van der Waals surface area contributed by atoms with Gasteiger partial charge in [-0.15, -0.1) is 11.8 Å². The van der Waals surface area contributed by atoms with Crippen LogP contribution in [0, 0.1) is 17.8 Å². The van der Waals surface area contributed by atoms with Crippen molar-refractivity contribution in [1.29, 1.82) is 0 Å². The quantitative estimate of drug-likeness (QED) is 0.759. The summed E-state index contributed by atoms with van der Waals surface area (Å²) in [5.74, 6) is 5.82. The smallest absolute Gasteiger partial charge is 0.303 e. The van der Waals surface area contributed by atoms with E-state index in [1.165, 1.54) is 12.8 Å². The molecule has 2 saturated heterocycles. The van der Waals surface area contributed by atoms with Gasteiger partial charge in [0.1, 0.15) is 0 Å². The third kappa shape index (κ3) is 3.01.